The Labute approximate surface area is 118 Å². The van der Waals surface area contributed by atoms with Crippen molar-refractivity contribution in [3.8, 4) is 0 Å². The predicted octanol–water partition coefficient (Wildman–Crippen LogP) is 1.13. The Morgan fingerprint density at radius 2 is 2.30 bits per heavy atom. The predicted molar refractivity (Wildman–Crippen MR) is 73.0 cm³/mol. The number of sulfonamides is 1. The van der Waals surface area contributed by atoms with Crippen molar-refractivity contribution in [3.63, 3.8) is 0 Å². The topological polar surface area (TPSA) is 81.4 Å². The zero-order chi connectivity index (χ0) is 14.8. The van der Waals surface area contributed by atoms with Crippen LogP contribution in [0.15, 0.2) is 23.1 Å². The van der Waals surface area contributed by atoms with E-state index < -0.39 is 15.8 Å². The summed E-state index contributed by atoms with van der Waals surface area (Å²) in [5.41, 5.74) is 5.90. The van der Waals surface area contributed by atoms with Gasteiger partial charge in [0, 0.05) is 19.2 Å². The van der Waals surface area contributed by atoms with Gasteiger partial charge in [-0.2, -0.15) is 0 Å². The van der Waals surface area contributed by atoms with Crippen molar-refractivity contribution in [1.29, 1.82) is 0 Å². The minimum atomic E-state index is -3.81. The summed E-state index contributed by atoms with van der Waals surface area (Å²) in [5.74, 6) is -0.604. The third-order valence-electron chi connectivity index (χ3n) is 3.40. The van der Waals surface area contributed by atoms with Gasteiger partial charge in [0.1, 0.15) is 5.82 Å². The number of hydrogen-bond donors (Lipinski definition) is 2. The summed E-state index contributed by atoms with van der Waals surface area (Å²) in [6.07, 6.45) is 1.60. The Kier molecular flexibility index (Phi) is 4.74. The molecule has 0 aromatic heterocycles. The summed E-state index contributed by atoms with van der Waals surface area (Å²) >= 11 is 0. The minimum Gasteiger partial charge on any atom is -0.377 e. The molecule has 2 atom stereocenters. The SMILES string of the molecule is CC(NS(=O)(=O)c1cc(F)ccc1CN)C1CCCO1. The first-order chi connectivity index (χ1) is 9.44. The van der Waals surface area contributed by atoms with Crippen LogP contribution in [0.1, 0.15) is 25.3 Å². The van der Waals surface area contributed by atoms with E-state index in [1.165, 1.54) is 12.1 Å². The van der Waals surface area contributed by atoms with Gasteiger partial charge < -0.3 is 10.5 Å². The summed E-state index contributed by atoms with van der Waals surface area (Å²) in [6.45, 7) is 2.42. The lowest BCUT2D eigenvalue weighted by Gasteiger charge is -2.20. The fraction of sp³-hybridized carbons (Fsp3) is 0.538. The molecule has 0 saturated carbocycles. The molecule has 112 valence electrons. The summed E-state index contributed by atoms with van der Waals surface area (Å²) in [7, 11) is -3.81. The molecule has 1 fully saturated rings. The zero-order valence-corrected chi connectivity index (χ0v) is 12.1. The van der Waals surface area contributed by atoms with Gasteiger partial charge in [-0.3, -0.25) is 0 Å². The van der Waals surface area contributed by atoms with Gasteiger partial charge in [-0.05, 0) is 37.5 Å². The molecule has 1 saturated heterocycles. The normalized spacial score (nSPS) is 21.1. The van der Waals surface area contributed by atoms with Crippen molar-refractivity contribution in [2.75, 3.05) is 6.61 Å². The second-order valence-electron chi connectivity index (χ2n) is 4.92. The number of rotatable bonds is 5. The highest BCUT2D eigenvalue weighted by molar-refractivity contribution is 7.89. The van der Waals surface area contributed by atoms with Gasteiger partial charge in [-0.15, -0.1) is 0 Å². The van der Waals surface area contributed by atoms with Crippen molar-refractivity contribution < 1.29 is 17.5 Å². The van der Waals surface area contributed by atoms with Gasteiger partial charge in [-0.1, -0.05) is 6.07 Å². The number of hydrogen-bond acceptors (Lipinski definition) is 4. The lowest BCUT2D eigenvalue weighted by Crippen LogP contribution is -2.41. The van der Waals surface area contributed by atoms with E-state index in [1.54, 1.807) is 6.92 Å². The maximum absolute atomic E-state index is 13.3. The zero-order valence-electron chi connectivity index (χ0n) is 11.3. The Balaban J connectivity index is 2.23. The largest absolute Gasteiger partial charge is 0.377 e. The van der Waals surface area contributed by atoms with Crippen LogP contribution < -0.4 is 10.5 Å². The van der Waals surface area contributed by atoms with E-state index >= 15 is 0 Å². The standard InChI is InChI=1S/C13H19FN2O3S/c1-9(12-3-2-6-19-12)16-20(17,18)13-7-11(14)5-4-10(13)8-15/h4-5,7,9,12,16H,2-3,6,8,15H2,1H3. The van der Waals surface area contributed by atoms with Crippen LogP contribution in [0.5, 0.6) is 0 Å². The summed E-state index contributed by atoms with van der Waals surface area (Å²) in [6, 6.07) is 3.22. The molecule has 7 heteroatoms. The van der Waals surface area contributed by atoms with E-state index in [1.807, 2.05) is 0 Å². The molecule has 0 amide bonds. The average Bonchev–Trinajstić information content (AvgIpc) is 2.92. The van der Waals surface area contributed by atoms with Crippen LogP contribution in [0.25, 0.3) is 0 Å². The summed E-state index contributed by atoms with van der Waals surface area (Å²) in [5, 5.41) is 0. The molecule has 1 heterocycles. The average molecular weight is 302 g/mol. The third kappa shape index (κ3) is 3.35. The minimum absolute atomic E-state index is 0.0326. The van der Waals surface area contributed by atoms with Gasteiger partial charge in [0.2, 0.25) is 10.0 Å². The molecule has 2 rings (SSSR count). The highest BCUT2D eigenvalue weighted by atomic mass is 32.2. The molecule has 1 aromatic rings. The fourth-order valence-electron chi connectivity index (χ4n) is 2.33. The number of benzene rings is 1. The molecule has 0 radical (unpaired) electrons. The van der Waals surface area contributed by atoms with Crippen molar-refractivity contribution in [3.05, 3.63) is 29.6 Å². The summed E-state index contributed by atoms with van der Waals surface area (Å²) < 4.78 is 46.0. The van der Waals surface area contributed by atoms with Crippen molar-refractivity contribution in [2.45, 2.75) is 43.4 Å². The van der Waals surface area contributed by atoms with Crippen LogP contribution in [0.3, 0.4) is 0 Å². The van der Waals surface area contributed by atoms with E-state index in [9.17, 15) is 12.8 Å². The second-order valence-corrected chi connectivity index (χ2v) is 6.60. The molecule has 0 aliphatic carbocycles. The number of ether oxygens (including phenoxy) is 1. The molecule has 0 spiro atoms. The molecular formula is C13H19FN2O3S. The Hall–Kier alpha value is -1.02. The molecule has 1 aliphatic rings. The Bertz CT molecular complexity index is 571. The molecule has 20 heavy (non-hydrogen) atoms. The van der Waals surface area contributed by atoms with Crippen LogP contribution in [0, 0.1) is 5.82 Å². The van der Waals surface area contributed by atoms with E-state index in [4.69, 9.17) is 10.5 Å². The molecule has 0 bridgehead atoms. The Morgan fingerprint density at radius 1 is 1.55 bits per heavy atom. The first kappa shape index (κ1) is 15.4. The maximum atomic E-state index is 13.3. The molecule has 3 N–H and O–H groups in total. The van der Waals surface area contributed by atoms with Crippen LogP contribution >= 0.6 is 0 Å². The van der Waals surface area contributed by atoms with Crippen LogP contribution in [-0.4, -0.2) is 27.2 Å². The van der Waals surface area contributed by atoms with Crippen LogP contribution in [-0.2, 0) is 21.3 Å². The van der Waals surface area contributed by atoms with E-state index in [-0.39, 0.29) is 23.6 Å². The van der Waals surface area contributed by atoms with Crippen molar-refractivity contribution in [1.82, 2.24) is 4.72 Å². The summed E-state index contributed by atoms with van der Waals surface area (Å²) in [4.78, 5) is -0.107. The van der Waals surface area contributed by atoms with Crippen LogP contribution in [0.2, 0.25) is 0 Å². The first-order valence-electron chi connectivity index (χ1n) is 6.56. The van der Waals surface area contributed by atoms with Gasteiger partial charge in [-0.25, -0.2) is 17.5 Å². The number of nitrogens with two attached hydrogens (primary N) is 1. The fourth-order valence-corrected chi connectivity index (χ4v) is 3.86. The quantitative estimate of drug-likeness (QED) is 0.854. The number of nitrogens with one attached hydrogen (secondary N) is 1. The molecule has 2 unspecified atom stereocenters. The van der Waals surface area contributed by atoms with Crippen molar-refractivity contribution in [2.24, 2.45) is 5.73 Å². The van der Waals surface area contributed by atoms with E-state index in [2.05, 4.69) is 4.72 Å². The van der Waals surface area contributed by atoms with Gasteiger partial charge in [0.25, 0.3) is 0 Å². The lowest BCUT2D eigenvalue weighted by molar-refractivity contribution is 0.0902. The first-order valence-corrected chi connectivity index (χ1v) is 8.05. The van der Waals surface area contributed by atoms with Crippen LogP contribution in [0.4, 0.5) is 4.39 Å². The highest BCUT2D eigenvalue weighted by Crippen LogP contribution is 2.20. The molecular weight excluding hydrogens is 283 g/mol. The van der Waals surface area contributed by atoms with E-state index in [0.717, 1.165) is 18.9 Å². The molecule has 1 aliphatic heterocycles. The smallest absolute Gasteiger partial charge is 0.241 e. The Morgan fingerprint density at radius 3 is 2.90 bits per heavy atom. The lowest BCUT2D eigenvalue weighted by atomic mass is 10.1. The van der Waals surface area contributed by atoms with Gasteiger partial charge >= 0.3 is 0 Å². The van der Waals surface area contributed by atoms with Crippen molar-refractivity contribution >= 4 is 10.0 Å². The molecule has 5 nitrogen and oxygen atoms in total. The molecule has 1 aromatic carbocycles. The highest BCUT2D eigenvalue weighted by Gasteiger charge is 2.28. The van der Waals surface area contributed by atoms with E-state index in [0.29, 0.717) is 12.2 Å². The van der Waals surface area contributed by atoms with Gasteiger partial charge in [0.15, 0.2) is 0 Å². The monoisotopic (exact) mass is 302 g/mol. The van der Waals surface area contributed by atoms with Gasteiger partial charge in [0.05, 0.1) is 11.0 Å². The second kappa shape index (κ2) is 6.17. The third-order valence-corrected chi connectivity index (χ3v) is 5.04. The number of halogens is 1. The maximum Gasteiger partial charge on any atom is 0.241 e.